The van der Waals surface area contributed by atoms with Crippen LogP contribution in [0, 0.1) is 0 Å². The Bertz CT molecular complexity index is 782. The van der Waals surface area contributed by atoms with Crippen molar-refractivity contribution in [3.63, 3.8) is 0 Å². The quantitative estimate of drug-likeness (QED) is 0.728. The van der Waals surface area contributed by atoms with Crippen LogP contribution in [0.25, 0.3) is 0 Å². The van der Waals surface area contributed by atoms with Crippen molar-refractivity contribution in [2.45, 2.75) is 24.9 Å². The van der Waals surface area contributed by atoms with Crippen molar-refractivity contribution in [2.24, 2.45) is 11.5 Å². The van der Waals surface area contributed by atoms with E-state index in [0.717, 1.165) is 6.54 Å². The van der Waals surface area contributed by atoms with Gasteiger partial charge in [-0.25, -0.2) is 0 Å². The topological polar surface area (TPSA) is 101 Å². The van der Waals surface area contributed by atoms with Crippen LogP contribution in [0.3, 0.4) is 0 Å². The maximum Gasteiger partial charge on any atom is 0.248 e. The second-order valence-corrected chi connectivity index (χ2v) is 6.74. The van der Waals surface area contributed by atoms with Crippen LogP contribution in [-0.4, -0.2) is 41.9 Å². The molecule has 3 rings (SSSR count). The van der Waals surface area contributed by atoms with Gasteiger partial charge in [0.25, 0.3) is 0 Å². The normalized spacial score (nSPS) is 20.5. The molecule has 1 unspecified atom stereocenters. The summed E-state index contributed by atoms with van der Waals surface area (Å²) in [6, 6.07) is 16.4. The van der Waals surface area contributed by atoms with Crippen molar-refractivity contribution >= 4 is 29.9 Å². The Morgan fingerprint density at radius 2 is 1.70 bits per heavy atom. The molecular formula is C20H25ClN4O2. The molecule has 144 valence electrons. The van der Waals surface area contributed by atoms with Crippen LogP contribution < -0.4 is 16.8 Å². The number of hydrogen-bond acceptors (Lipinski definition) is 4. The van der Waals surface area contributed by atoms with E-state index in [2.05, 4.69) is 22.3 Å². The van der Waals surface area contributed by atoms with Crippen LogP contribution in [-0.2, 0) is 4.79 Å². The van der Waals surface area contributed by atoms with Gasteiger partial charge < -0.3 is 16.8 Å². The van der Waals surface area contributed by atoms with Crippen LogP contribution in [0.15, 0.2) is 54.6 Å². The lowest BCUT2D eigenvalue weighted by Gasteiger charge is -2.23. The number of primary amides is 1. The highest BCUT2D eigenvalue weighted by Crippen LogP contribution is 2.27. The molecule has 0 aliphatic carbocycles. The highest BCUT2D eigenvalue weighted by molar-refractivity contribution is 5.96. The van der Waals surface area contributed by atoms with E-state index >= 15 is 0 Å². The Morgan fingerprint density at radius 1 is 1.07 bits per heavy atom. The second-order valence-electron chi connectivity index (χ2n) is 6.74. The Hall–Kier alpha value is -2.41. The summed E-state index contributed by atoms with van der Waals surface area (Å²) in [5, 5.41) is 2.88. The van der Waals surface area contributed by atoms with Gasteiger partial charge in [-0.1, -0.05) is 30.3 Å². The number of anilines is 1. The van der Waals surface area contributed by atoms with Crippen LogP contribution in [0.5, 0.6) is 0 Å². The molecule has 3 atom stereocenters. The van der Waals surface area contributed by atoms with Gasteiger partial charge >= 0.3 is 0 Å². The molecule has 27 heavy (non-hydrogen) atoms. The van der Waals surface area contributed by atoms with Gasteiger partial charge in [0.15, 0.2) is 0 Å². The molecule has 0 bridgehead atoms. The summed E-state index contributed by atoms with van der Waals surface area (Å²) in [6.07, 6.45) is 0. The molecule has 2 aromatic rings. The molecule has 1 aliphatic rings. The van der Waals surface area contributed by atoms with E-state index in [4.69, 9.17) is 11.5 Å². The number of carbonyl (C=O) groups excluding carboxylic acids is 2. The third kappa shape index (κ3) is 4.86. The number of nitrogens with two attached hydrogens (primary N) is 2. The molecule has 0 spiro atoms. The van der Waals surface area contributed by atoms with Crippen molar-refractivity contribution in [2.75, 3.05) is 18.4 Å². The van der Waals surface area contributed by atoms with Gasteiger partial charge in [-0.05, 0) is 36.8 Å². The highest BCUT2D eigenvalue weighted by atomic mass is 35.5. The summed E-state index contributed by atoms with van der Waals surface area (Å²) in [4.78, 5) is 25.8. The van der Waals surface area contributed by atoms with Gasteiger partial charge in [0, 0.05) is 36.3 Å². The first-order valence-corrected chi connectivity index (χ1v) is 8.71. The summed E-state index contributed by atoms with van der Waals surface area (Å²) < 4.78 is 0. The van der Waals surface area contributed by atoms with E-state index < -0.39 is 5.91 Å². The Balaban J connectivity index is 0.00000261. The molecule has 0 saturated carbocycles. The fraction of sp³-hybridized carbons (Fsp3) is 0.300. The first-order chi connectivity index (χ1) is 12.5. The molecular weight excluding hydrogens is 364 g/mol. The molecule has 5 N–H and O–H groups in total. The Kier molecular flexibility index (Phi) is 6.96. The lowest BCUT2D eigenvalue weighted by atomic mass is 9.95. The molecule has 1 saturated heterocycles. The highest BCUT2D eigenvalue weighted by Gasteiger charge is 2.35. The molecule has 0 aromatic heterocycles. The van der Waals surface area contributed by atoms with Crippen molar-refractivity contribution in [3.05, 3.63) is 65.7 Å². The molecule has 6 nitrogen and oxygen atoms in total. The molecule has 1 fully saturated rings. The monoisotopic (exact) mass is 388 g/mol. The van der Waals surface area contributed by atoms with Gasteiger partial charge in [0.05, 0.1) is 6.04 Å². The predicted octanol–water partition coefficient (Wildman–Crippen LogP) is 1.96. The molecule has 7 heteroatoms. The summed E-state index contributed by atoms with van der Waals surface area (Å²) in [6.45, 7) is 3.31. The van der Waals surface area contributed by atoms with Crippen molar-refractivity contribution < 1.29 is 9.59 Å². The van der Waals surface area contributed by atoms with E-state index in [9.17, 15) is 9.59 Å². The van der Waals surface area contributed by atoms with Crippen LogP contribution in [0.1, 0.15) is 28.8 Å². The fourth-order valence-corrected chi connectivity index (χ4v) is 3.36. The number of rotatable bonds is 5. The van der Waals surface area contributed by atoms with E-state index in [0.29, 0.717) is 17.8 Å². The number of carbonyl (C=O) groups is 2. The summed E-state index contributed by atoms with van der Waals surface area (Å²) in [5.41, 5.74) is 13.8. The maximum absolute atomic E-state index is 12.6. The molecule has 1 aliphatic heterocycles. The number of likely N-dealkylation sites (tertiary alicyclic amines) is 1. The number of nitrogens with one attached hydrogen (secondary N) is 1. The second kappa shape index (κ2) is 8.99. The van der Waals surface area contributed by atoms with E-state index in [-0.39, 0.29) is 36.3 Å². The van der Waals surface area contributed by atoms with E-state index in [1.165, 1.54) is 5.56 Å². The molecule has 2 amide bonds. The zero-order valence-electron chi connectivity index (χ0n) is 15.2. The minimum atomic E-state index is -0.491. The fourth-order valence-electron chi connectivity index (χ4n) is 3.36. The SMILES string of the molecule is CC(C(=O)Nc1ccc(C(N)=O)cc1)N1C[C@@H](N)[C@H](c2ccccc2)C1.Cl. The number of hydrogen-bond donors (Lipinski definition) is 3. The standard InChI is InChI=1S/C20H24N4O2.ClH/c1-13(20(26)23-16-9-7-15(8-10-16)19(22)25)24-11-17(18(21)12-24)14-5-3-2-4-6-14;/h2-10,13,17-18H,11-12,21H2,1H3,(H2,22,25)(H,23,26);1H/t13?,17-,18+;/m0./s1. The number of benzene rings is 2. The van der Waals surface area contributed by atoms with Gasteiger partial charge in [0.1, 0.15) is 0 Å². The van der Waals surface area contributed by atoms with Crippen molar-refractivity contribution in [3.8, 4) is 0 Å². The Morgan fingerprint density at radius 3 is 2.30 bits per heavy atom. The zero-order chi connectivity index (χ0) is 18.7. The predicted molar refractivity (Wildman–Crippen MR) is 109 cm³/mol. The molecule has 1 heterocycles. The average molecular weight is 389 g/mol. The van der Waals surface area contributed by atoms with Crippen LogP contribution in [0.4, 0.5) is 5.69 Å². The lowest BCUT2D eigenvalue weighted by molar-refractivity contribution is -0.120. The van der Waals surface area contributed by atoms with Crippen molar-refractivity contribution in [1.29, 1.82) is 0 Å². The smallest absolute Gasteiger partial charge is 0.248 e. The molecule has 2 aromatic carbocycles. The number of nitrogens with zero attached hydrogens (tertiary/aromatic N) is 1. The summed E-state index contributed by atoms with van der Waals surface area (Å²) >= 11 is 0. The van der Waals surface area contributed by atoms with E-state index in [1.54, 1.807) is 24.3 Å². The molecule has 0 radical (unpaired) electrons. The lowest BCUT2D eigenvalue weighted by Crippen LogP contribution is -2.41. The minimum absolute atomic E-state index is 0. The maximum atomic E-state index is 12.6. The number of amides is 2. The van der Waals surface area contributed by atoms with Crippen LogP contribution >= 0.6 is 12.4 Å². The first-order valence-electron chi connectivity index (χ1n) is 8.71. The number of halogens is 1. The third-order valence-electron chi connectivity index (χ3n) is 4.99. The van der Waals surface area contributed by atoms with Crippen LogP contribution in [0.2, 0.25) is 0 Å². The first kappa shape index (κ1) is 20.9. The zero-order valence-corrected chi connectivity index (χ0v) is 16.0. The summed E-state index contributed by atoms with van der Waals surface area (Å²) in [7, 11) is 0. The average Bonchev–Trinajstić information content (AvgIpc) is 3.04. The minimum Gasteiger partial charge on any atom is -0.366 e. The Labute approximate surface area is 165 Å². The van der Waals surface area contributed by atoms with Crippen molar-refractivity contribution in [1.82, 2.24) is 4.90 Å². The van der Waals surface area contributed by atoms with E-state index in [1.807, 2.05) is 25.1 Å². The van der Waals surface area contributed by atoms with Gasteiger partial charge in [-0.15, -0.1) is 12.4 Å². The third-order valence-corrected chi connectivity index (χ3v) is 4.99. The van der Waals surface area contributed by atoms with Gasteiger partial charge in [-0.2, -0.15) is 0 Å². The summed E-state index contributed by atoms with van der Waals surface area (Å²) in [5.74, 6) is -0.367. The van der Waals surface area contributed by atoms with Gasteiger partial charge in [0.2, 0.25) is 11.8 Å². The van der Waals surface area contributed by atoms with Gasteiger partial charge in [-0.3, -0.25) is 14.5 Å². The largest absolute Gasteiger partial charge is 0.366 e.